The van der Waals surface area contributed by atoms with E-state index in [1.165, 1.54) is 0 Å². The van der Waals surface area contributed by atoms with Gasteiger partial charge in [-0.1, -0.05) is 41.9 Å². The average molecular weight is 629 g/mol. The van der Waals surface area contributed by atoms with Crippen LogP contribution in [-0.2, 0) is 6.54 Å². The number of rotatable bonds is 8. The number of thiophene rings is 1. The van der Waals surface area contributed by atoms with Gasteiger partial charge < -0.3 is 25.2 Å². The minimum Gasteiger partial charge on any atom is -0.496 e. The van der Waals surface area contributed by atoms with Crippen LogP contribution < -0.4 is 10.1 Å². The fourth-order valence-electron chi connectivity index (χ4n) is 5.66. The van der Waals surface area contributed by atoms with Crippen LogP contribution in [0.5, 0.6) is 5.75 Å². The first-order chi connectivity index (χ1) is 20.6. The summed E-state index contributed by atoms with van der Waals surface area (Å²) in [4.78, 5) is 27.1. The van der Waals surface area contributed by atoms with Crippen LogP contribution in [0.2, 0.25) is 5.02 Å². The fourth-order valence-corrected chi connectivity index (χ4v) is 7.16. The molecular formula is C32H31ClF2N2O5S. The summed E-state index contributed by atoms with van der Waals surface area (Å²) in [6.07, 6.45) is 0.396. The van der Waals surface area contributed by atoms with Gasteiger partial charge in [-0.25, -0.2) is 13.6 Å². The highest BCUT2D eigenvalue weighted by atomic mass is 35.5. The van der Waals surface area contributed by atoms with Gasteiger partial charge in [0.05, 0.1) is 28.3 Å². The summed E-state index contributed by atoms with van der Waals surface area (Å²) in [5.74, 6) is -1.28. The molecule has 0 spiro atoms. The van der Waals surface area contributed by atoms with Gasteiger partial charge in [0.1, 0.15) is 22.3 Å². The molecule has 2 amide bonds. The van der Waals surface area contributed by atoms with Gasteiger partial charge in [-0.2, -0.15) is 0 Å². The zero-order valence-electron chi connectivity index (χ0n) is 23.6. The molecule has 3 N–H and O–H groups in total. The normalized spacial score (nSPS) is 17.4. The Labute approximate surface area is 256 Å². The molecule has 1 heterocycles. The standard InChI is InChI=1S/C32H31ClF2N2O5S/c1-17(38)18-3-5-19(6-4-18)20-7-14-26(42-2)21(15-20)16-37(23-10-8-22(9-11-23)36-32(40)41)31(39)30-28(33)27-24(34)12-13-25(35)29(27)43-30/h3-7,12-15,17,22-23,36,38H,8-11,16H2,1-2H3,(H,40,41)/t17?,22-,23-. The molecule has 0 saturated heterocycles. The van der Waals surface area contributed by atoms with E-state index in [-0.39, 0.29) is 38.6 Å². The summed E-state index contributed by atoms with van der Waals surface area (Å²) in [6, 6.07) is 14.7. The van der Waals surface area contributed by atoms with Crippen molar-refractivity contribution in [2.75, 3.05) is 7.11 Å². The lowest BCUT2D eigenvalue weighted by Crippen LogP contribution is -2.45. The number of hydrogen-bond acceptors (Lipinski definition) is 5. The molecule has 0 radical (unpaired) electrons. The van der Waals surface area contributed by atoms with Gasteiger partial charge in [-0.3, -0.25) is 4.79 Å². The summed E-state index contributed by atoms with van der Waals surface area (Å²) in [5, 5.41) is 21.3. The zero-order chi connectivity index (χ0) is 30.8. The largest absolute Gasteiger partial charge is 0.496 e. The molecule has 226 valence electrons. The van der Waals surface area contributed by atoms with Crippen molar-refractivity contribution in [1.82, 2.24) is 10.2 Å². The highest BCUT2D eigenvalue weighted by molar-refractivity contribution is 7.21. The molecule has 1 aliphatic rings. The maximum atomic E-state index is 14.7. The first-order valence-electron chi connectivity index (χ1n) is 13.9. The predicted molar refractivity (Wildman–Crippen MR) is 163 cm³/mol. The third-order valence-corrected chi connectivity index (χ3v) is 9.63. The predicted octanol–water partition coefficient (Wildman–Crippen LogP) is 7.78. The Morgan fingerprint density at radius 1 is 1.05 bits per heavy atom. The van der Waals surface area contributed by atoms with Gasteiger partial charge in [-0.05, 0) is 73.6 Å². The number of nitrogens with one attached hydrogen (secondary N) is 1. The molecule has 1 fully saturated rings. The average Bonchev–Trinajstić information content (AvgIpc) is 3.36. The van der Waals surface area contributed by atoms with E-state index >= 15 is 0 Å². The number of fused-ring (bicyclic) bond motifs is 1. The van der Waals surface area contributed by atoms with Crippen LogP contribution in [-0.4, -0.2) is 46.3 Å². The number of nitrogens with zero attached hydrogens (tertiary/aromatic N) is 1. The number of aliphatic hydroxyl groups is 1. The highest BCUT2D eigenvalue weighted by Gasteiger charge is 2.33. The number of carbonyl (C=O) groups is 2. The SMILES string of the molecule is COc1ccc(-c2ccc(C(C)O)cc2)cc1CN(C(=O)c1sc2c(F)ccc(F)c2c1Cl)[C@H]1CC[C@H](NC(=O)O)CC1. The van der Waals surface area contributed by atoms with Crippen molar-refractivity contribution in [1.29, 1.82) is 0 Å². The highest BCUT2D eigenvalue weighted by Crippen LogP contribution is 2.40. The molecule has 1 saturated carbocycles. The lowest BCUT2D eigenvalue weighted by Gasteiger charge is -2.37. The number of benzene rings is 3. The van der Waals surface area contributed by atoms with Crippen LogP contribution >= 0.6 is 22.9 Å². The summed E-state index contributed by atoms with van der Waals surface area (Å²) >= 11 is 7.35. The Kier molecular flexibility index (Phi) is 9.19. The third kappa shape index (κ3) is 6.46. The van der Waals surface area contributed by atoms with Gasteiger partial charge in [0.25, 0.3) is 5.91 Å². The topological polar surface area (TPSA) is 99.1 Å². The summed E-state index contributed by atoms with van der Waals surface area (Å²) in [6.45, 7) is 1.82. The van der Waals surface area contributed by atoms with Crippen molar-refractivity contribution in [3.8, 4) is 16.9 Å². The molecule has 3 aromatic carbocycles. The van der Waals surface area contributed by atoms with E-state index < -0.39 is 29.7 Å². The molecule has 0 bridgehead atoms. The van der Waals surface area contributed by atoms with Crippen LogP contribution in [0, 0.1) is 11.6 Å². The molecule has 7 nitrogen and oxygen atoms in total. The summed E-state index contributed by atoms with van der Waals surface area (Å²) < 4.78 is 34.9. The maximum Gasteiger partial charge on any atom is 0.404 e. The molecule has 1 unspecified atom stereocenters. The number of methoxy groups -OCH3 is 1. The van der Waals surface area contributed by atoms with E-state index in [2.05, 4.69) is 5.32 Å². The molecular weight excluding hydrogens is 598 g/mol. The van der Waals surface area contributed by atoms with Crippen molar-refractivity contribution in [2.45, 2.75) is 57.3 Å². The number of amides is 2. The zero-order valence-corrected chi connectivity index (χ0v) is 25.1. The van der Waals surface area contributed by atoms with E-state index in [0.717, 1.165) is 40.2 Å². The molecule has 11 heteroatoms. The lowest BCUT2D eigenvalue weighted by atomic mass is 9.89. The maximum absolute atomic E-state index is 14.7. The van der Waals surface area contributed by atoms with E-state index in [1.54, 1.807) is 18.9 Å². The Bertz CT molecular complexity index is 1650. The van der Waals surface area contributed by atoms with Crippen LogP contribution in [0.4, 0.5) is 13.6 Å². The minimum absolute atomic E-state index is 0.0251. The lowest BCUT2D eigenvalue weighted by molar-refractivity contribution is 0.0601. The van der Waals surface area contributed by atoms with Crippen LogP contribution in [0.25, 0.3) is 21.2 Å². The second-order valence-corrected chi connectivity index (χ2v) is 12.1. The Balaban J connectivity index is 1.53. The number of hydrogen-bond donors (Lipinski definition) is 3. The summed E-state index contributed by atoms with van der Waals surface area (Å²) in [5.41, 5.74) is 3.28. The number of carboxylic acid groups (broad SMARTS) is 1. The Hall–Kier alpha value is -3.73. The first kappa shape index (κ1) is 30.7. The van der Waals surface area contributed by atoms with Crippen molar-refractivity contribution in [2.24, 2.45) is 0 Å². The van der Waals surface area contributed by atoms with E-state index in [9.17, 15) is 23.5 Å². The van der Waals surface area contributed by atoms with Crippen molar-refractivity contribution in [3.05, 3.63) is 87.3 Å². The second kappa shape index (κ2) is 12.9. The van der Waals surface area contributed by atoms with Gasteiger partial charge in [-0.15, -0.1) is 11.3 Å². The Morgan fingerprint density at radius 3 is 2.30 bits per heavy atom. The van der Waals surface area contributed by atoms with Gasteiger partial charge in [0.2, 0.25) is 0 Å². The van der Waals surface area contributed by atoms with E-state index in [1.807, 2.05) is 42.5 Å². The molecule has 1 aliphatic carbocycles. The van der Waals surface area contributed by atoms with E-state index in [4.69, 9.17) is 21.4 Å². The summed E-state index contributed by atoms with van der Waals surface area (Å²) in [7, 11) is 1.54. The quantitative estimate of drug-likeness (QED) is 0.185. The van der Waals surface area contributed by atoms with Crippen LogP contribution in [0.3, 0.4) is 0 Å². The molecule has 1 aromatic heterocycles. The number of ether oxygens (including phenoxy) is 1. The van der Waals surface area contributed by atoms with Crippen molar-refractivity contribution in [3.63, 3.8) is 0 Å². The smallest absolute Gasteiger partial charge is 0.404 e. The Morgan fingerprint density at radius 2 is 1.70 bits per heavy atom. The van der Waals surface area contributed by atoms with E-state index in [0.29, 0.717) is 37.0 Å². The first-order valence-corrected chi connectivity index (χ1v) is 15.1. The number of aliphatic hydroxyl groups excluding tert-OH is 1. The van der Waals surface area contributed by atoms with Crippen molar-refractivity contribution < 1.29 is 33.3 Å². The van der Waals surface area contributed by atoms with Gasteiger partial charge in [0.15, 0.2) is 0 Å². The molecule has 0 aliphatic heterocycles. The number of carbonyl (C=O) groups excluding carboxylic acids is 1. The monoisotopic (exact) mass is 628 g/mol. The van der Waals surface area contributed by atoms with Crippen molar-refractivity contribution >= 4 is 45.0 Å². The third-order valence-electron chi connectivity index (χ3n) is 7.95. The minimum atomic E-state index is -1.10. The van der Waals surface area contributed by atoms with Gasteiger partial charge >= 0.3 is 6.09 Å². The molecule has 4 aromatic rings. The number of halogens is 3. The van der Waals surface area contributed by atoms with Crippen LogP contribution in [0.1, 0.15) is 59.5 Å². The fraction of sp³-hybridized carbons (Fsp3) is 0.312. The van der Waals surface area contributed by atoms with Gasteiger partial charge in [0, 0.05) is 24.2 Å². The molecule has 43 heavy (non-hydrogen) atoms. The van der Waals surface area contributed by atoms with Crippen LogP contribution in [0.15, 0.2) is 54.6 Å². The molecule has 5 rings (SSSR count). The second-order valence-electron chi connectivity index (χ2n) is 10.7. The molecule has 1 atom stereocenters.